The largest absolute Gasteiger partial charge is 0.505 e. The van der Waals surface area contributed by atoms with Gasteiger partial charge >= 0.3 is 0 Å². The quantitative estimate of drug-likeness (QED) is 0.289. The standard InChI is InChI=1S/C21H34N2O3/c1-13(2)10-12-23(7)14(3)9-11-21(5,6)16-15(4)18(24)17(22)20(26-8)19(16)25/h9-10,24-25H,11-12,22H2,1-8H3/b14-9+. The van der Waals surface area contributed by atoms with Crippen molar-refractivity contribution in [1.29, 1.82) is 0 Å². The van der Waals surface area contributed by atoms with E-state index >= 15 is 0 Å². The number of allylic oxidation sites excluding steroid dienone is 3. The second-order valence-corrected chi connectivity index (χ2v) is 7.74. The highest BCUT2D eigenvalue weighted by molar-refractivity contribution is 5.74. The van der Waals surface area contributed by atoms with Crippen LogP contribution in [-0.4, -0.2) is 35.8 Å². The molecule has 0 aromatic heterocycles. The number of aromatic hydroxyl groups is 2. The van der Waals surface area contributed by atoms with Crippen molar-refractivity contribution >= 4 is 5.69 Å². The Labute approximate surface area is 157 Å². The Morgan fingerprint density at radius 1 is 1.15 bits per heavy atom. The van der Waals surface area contributed by atoms with Crippen molar-refractivity contribution in [3.05, 3.63) is 34.5 Å². The van der Waals surface area contributed by atoms with Gasteiger partial charge in [-0.3, -0.25) is 0 Å². The van der Waals surface area contributed by atoms with Crippen LogP contribution in [0.5, 0.6) is 17.2 Å². The van der Waals surface area contributed by atoms with E-state index in [1.807, 2.05) is 13.8 Å². The molecule has 0 saturated heterocycles. The van der Waals surface area contributed by atoms with Crippen molar-refractivity contribution in [1.82, 2.24) is 4.90 Å². The molecule has 146 valence electrons. The molecule has 0 aliphatic heterocycles. The monoisotopic (exact) mass is 362 g/mol. The minimum Gasteiger partial charge on any atom is -0.505 e. The number of rotatable bonds is 7. The van der Waals surface area contributed by atoms with Crippen molar-refractivity contribution in [3.8, 4) is 17.2 Å². The van der Waals surface area contributed by atoms with Crippen LogP contribution in [-0.2, 0) is 5.41 Å². The summed E-state index contributed by atoms with van der Waals surface area (Å²) >= 11 is 0. The highest BCUT2D eigenvalue weighted by atomic mass is 16.5. The molecule has 0 heterocycles. The van der Waals surface area contributed by atoms with Crippen molar-refractivity contribution in [3.63, 3.8) is 0 Å². The van der Waals surface area contributed by atoms with E-state index in [0.717, 1.165) is 12.2 Å². The Bertz CT molecular complexity index is 715. The maximum atomic E-state index is 10.7. The topological polar surface area (TPSA) is 79.0 Å². The van der Waals surface area contributed by atoms with Gasteiger partial charge in [0.1, 0.15) is 11.4 Å². The molecule has 0 amide bonds. The van der Waals surface area contributed by atoms with Crippen LogP contribution in [0.2, 0.25) is 0 Å². The number of phenols is 2. The Kier molecular flexibility index (Phi) is 7.01. The molecule has 0 aliphatic carbocycles. The molecule has 5 nitrogen and oxygen atoms in total. The molecule has 0 radical (unpaired) electrons. The number of phenolic OH excluding ortho intramolecular Hbond substituents is 2. The van der Waals surface area contributed by atoms with Crippen LogP contribution in [0.15, 0.2) is 23.4 Å². The summed E-state index contributed by atoms with van der Waals surface area (Å²) < 4.78 is 5.20. The van der Waals surface area contributed by atoms with Gasteiger partial charge in [-0.05, 0) is 39.5 Å². The van der Waals surface area contributed by atoms with Crippen LogP contribution in [0.25, 0.3) is 0 Å². The van der Waals surface area contributed by atoms with E-state index in [9.17, 15) is 10.2 Å². The second kappa shape index (κ2) is 8.39. The summed E-state index contributed by atoms with van der Waals surface area (Å²) in [5, 5.41) is 21.0. The van der Waals surface area contributed by atoms with Gasteiger partial charge in [0.2, 0.25) is 0 Å². The number of likely N-dealkylation sites (N-methyl/N-ethyl adjacent to an activating group) is 1. The zero-order valence-electron chi connectivity index (χ0n) is 17.4. The van der Waals surface area contributed by atoms with Gasteiger partial charge in [-0.2, -0.15) is 0 Å². The third-order valence-electron chi connectivity index (χ3n) is 4.85. The summed E-state index contributed by atoms with van der Waals surface area (Å²) in [5.41, 5.74) is 9.19. The molecule has 0 fully saturated rings. The average Bonchev–Trinajstić information content (AvgIpc) is 2.55. The van der Waals surface area contributed by atoms with Gasteiger partial charge in [0.15, 0.2) is 11.5 Å². The predicted molar refractivity (Wildman–Crippen MR) is 109 cm³/mol. The van der Waals surface area contributed by atoms with Crippen LogP contribution < -0.4 is 10.5 Å². The SMILES string of the molecule is COc1c(N)c(O)c(C)c(C(C)(C)C/C=C(\C)N(C)CC=C(C)C)c1O. The first-order valence-corrected chi connectivity index (χ1v) is 8.83. The molecular weight excluding hydrogens is 328 g/mol. The van der Waals surface area contributed by atoms with Crippen molar-refractivity contribution in [2.45, 2.75) is 53.4 Å². The van der Waals surface area contributed by atoms with Gasteiger partial charge in [-0.1, -0.05) is 31.6 Å². The van der Waals surface area contributed by atoms with E-state index in [0.29, 0.717) is 17.5 Å². The summed E-state index contributed by atoms with van der Waals surface area (Å²) in [6.07, 6.45) is 5.03. The molecule has 4 N–H and O–H groups in total. The zero-order chi connectivity index (χ0) is 20.2. The third kappa shape index (κ3) is 4.65. The molecule has 0 spiro atoms. The first kappa shape index (κ1) is 21.7. The lowest BCUT2D eigenvalue weighted by Crippen LogP contribution is -2.21. The first-order valence-electron chi connectivity index (χ1n) is 8.83. The number of ether oxygens (including phenoxy) is 1. The summed E-state index contributed by atoms with van der Waals surface area (Å²) in [4.78, 5) is 2.18. The maximum Gasteiger partial charge on any atom is 0.187 e. The molecule has 0 unspecified atom stereocenters. The first-order chi connectivity index (χ1) is 11.9. The highest BCUT2D eigenvalue weighted by Crippen LogP contribution is 2.49. The number of hydrogen-bond donors (Lipinski definition) is 3. The van der Waals surface area contributed by atoms with Crippen LogP contribution >= 0.6 is 0 Å². The molecule has 1 rings (SSSR count). The molecule has 0 atom stereocenters. The summed E-state index contributed by atoms with van der Waals surface area (Å²) in [6, 6.07) is 0. The maximum absolute atomic E-state index is 10.7. The minimum atomic E-state index is -0.411. The highest BCUT2D eigenvalue weighted by Gasteiger charge is 2.31. The Morgan fingerprint density at radius 3 is 2.23 bits per heavy atom. The Morgan fingerprint density at radius 2 is 1.73 bits per heavy atom. The fourth-order valence-corrected chi connectivity index (χ4v) is 3.01. The van der Waals surface area contributed by atoms with E-state index in [2.05, 4.69) is 44.9 Å². The van der Waals surface area contributed by atoms with Gasteiger partial charge in [0.05, 0.1) is 7.11 Å². The normalized spacial score (nSPS) is 12.1. The number of anilines is 1. The fourth-order valence-electron chi connectivity index (χ4n) is 3.01. The van der Waals surface area contributed by atoms with Gasteiger partial charge in [-0.25, -0.2) is 0 Å². The summed E-state index contributed by atoms with van der Waals surface area (Å²) in [7, 11) is 3.48. The van der Waals surface area contributed by atoms with Gasteiger partial charge in [0.25, 0.3) is 0 Å². The molecule has 0 saturated carbocycles. The summed E-state index contributed by atoms with van der Waals surface area (Å²) in [6.45, 7) is 12.9. The van der Waals surface area contributed by atoms with Gasteiger partial charge in [0, 0.05) is 30.4 Å². The zero-order valence-corrected chi connectivity index (χ0v) is 17.4. The van der Waals surface area contributed by atoms with Crippen molar-refractivity contribution < 1.29 is 14.9 Å². The summed E-state index contributed by atoms with van der Waals surface area (Å²) in [5.74, 6) is 0.0795. The lowest BCUT2D eigenvalue weighted by atomic mass is 9.77. The molecule has 26 heavy (non-hydrogen) atoms. The Balaban J connectivity index is 3.21. The lowest BCUT2D eigenvalue weighted by molar-refractivity contribution is 0.357. The second-order valence-electron chi connectivity index (χ2n) is 7.74. The number of benzene rings is 1. The number of nitrogen functional groups attached to an aromatic ring is 1. The van der Waals surface area contributed by atoms with Gasteiger partial charge < -0.3 is 25.6 Å². The van der Waals surface area contributed by atoms with Crippen LogP contribution in [0, 0.1) is 6.92 Å². The van der Waals surface area contributed by atoms with Gasteiger partial charge in [-0.15, -0.1) is 0 Å². The third-order valence-corrected chi connectivity index (χ3v) is 4.85. The predicted octanol–water partition coefficient (Wildman–Crippen LogP) is 4.47. The van der Waals surface area contributed by atoms with Crippen LogP contribution in [0.1, 0.15) is 52.2 Å². The number of nitrogens with two attached hydrogens (primary N) is 1. The van der Waals surface area contributed by atoms with E-state index in [-0.39, 0.29) is 22.9 Å². The van der Waals surface area contributed by atoms with Crippen LogP contribution in [0.3, 0.4) is 0 Å². The molecule has 1 aromatic rings. The minimum absolute atomic E-state index is 0.00533. The van der Waals surface area contributed by atoms with E-state index in [1.165, 1.54) is 12.7 Å². The number of methoxy groups -OCH3 is 1. The molecule has 0 bridgehead atoms. The smallest absolute Gasteiger partial charge is 0.187 e. The number of hydrogen-bond acceptors (Lipinski definition) is 5. The molecule has 5 heteroatoms. The van der Waals surface area contributed by atoms with E-state index < -0.39 is 5.41 Å². The lowest BCUT2D eigenvalue weighted by Gasteiger charge is -2.29. The van der Waals surface area contributed by atoms with Crippen molar-refractivity contribution in [2.24, 2.45) is 0 Å². The average molecular weight is 363 g/mol. The molecule has 1 aromatic carbocycles. The van der Waals surface area contributed by atoms with E-state index in [1.54, 1.807) is 6.92 Å². The Hall–Kier alpha value is -2.30. The fraction of sp³-hybridized carbons (Fsp3) is 0.524. The van der Waals surface area contributed by atoms with Crippen LogP contribution in [0.4, 0.5) is 5.69 Å². The van der Waals surface area contributed by atoms with E-state index in [4.69, 9.17) is 10.5 Å². The van der Waals surface area contributed by atoms with Crippen molar-refractivity contribution in [2.75, 3.05) is 26.4 Å². The molecule has 0 aliphatic rings. The molecular formula is C21H34N2O3. The number of nitrogens with zero attached hydrogens (tertiary/aromatic N) is 1.